The van der Waals surface area contributed by atoms with Crippen molar-refractivity contribution < 1.29 is 18.0 Å². The van der Waals surface area contributed by atoms with Crippen LogP contribution in [0.2, 0.25) is 0 Å². The van der Waals surface area contributed by atoms with Gasteiger partial charge in [-0.1, -0.05) is 0 Å². The molecular weight excluding hydrogens is 269 g/mol. The average Bonchev–Trinajstić information content (AvgIpc) is 2.72. The zero-order chi connectivity index (χ0) is 14.7. The maximum absolute atomic E-state index is 13.6. The standard InChI is InChI=1S/C14H17F3N2O/c1-19(9-3-2-7-18-8-6-9)14(20)10-4-5-11(15)13(17)12(10)16/h4-5,9,18H,2-3,6-8H2,1H3. The summed E-state index contributed by atoms with van der Waals surface area (Å²) in [6.45, 7) is 1.67. The highest BCUT2D eigenvalue weighted by molar-refractivity contribution is 5.94. The molecule has 0 bridgehead atoms. The molecule has 1 saturated heterocycles. The van der Waals surface area contributed by atoms with E-state index < -0.39 is 28.9 Å². The highest BCUT2D eigenvalue weighted by atomic mass is 19.2. The first-order chi connectivity index (χ1) is 9.52. The lowest BCUT2D eigenvalue weighted by Gasteiger charge is -2.27. The first kappa shape index (κ1) is 14.8. The van der Waals surface area contributed by atoms with Crippen LogP contribution in [0.15, 0.2) is 12.1 Å². The molecule has 0 saturated carbocycles. The molecule has 0 aromatic heterocycles. The molecule has 1 fully saturated rings. The fraction of sp³-hybridized carbons (Fsp3) is 0.500. The largest absolute Gasteiger partial charge is 0.339 e. The second-order valence-electron chi connectivity index (χ2n) is 4.97. The molecule has 0 spiro atoms. The van der Waals surface area contributed by atoms with Gasteiger partial charge in [-0.2, -0.15) is 0 Å². The van der Waals surface area contributed by atoms with Crippen molar-refractivity contribution in [1.82, 2.24) is 10.2 Å². The lowest BCUT2D eigenvalue weighted by Crippen LogP contribution is -2.38. The van der Waals surface area contributed by atoms with Gasteiger partial charge in [-0.15, -0.1) is 0 Å². The van der Waals surface area contributed by atoms with Crippen LogP contribution in [-0.4, -0.2) is 37.0 Å². The van der Waals surface area contributed by atoms with E-state index >= 15 is 0 Å². The molecule has 2 rings (SSSR count). The van der Waals surface area contributed by atoms with Gasteiger partial charge in [0.05, 0.1) is 5.56 Å². The Morgan fingerprint density at radius 2 is 1.95 bits per heavy atom. The molecule has 1 aliphatic heterocycles. The van der Waals surface area contributed by atoms with Crippen molar-refractivity contribution in [3.8, 4) is 0 Å². The van der Waals surface area contributed by atoms with Gasteiger partial charge in [0, 0.05) is 13.1 Å². The van der Waals surface area contributed by atoms with E-state index in [1.807, 2.05) is 0 Å². The van der Waals surface area contributed by atoms with E-state index in [2.05, 4.69) is 5.32 Å². The van der Waals surface area contributed by atoms with Gasteiger partial charge in [-0.25, -0.2) is 13.2 Å². The summed E-state index contributed by atoms with van der Waals surface area (Å²) in [5, 5.41) is 3.22. The van der Waals surface area contributed by atoms with E-state index in [4.69, 9.17) is 0 Å². The van der Waals surface area contributed by atoms with Crippen LogP contribution >= 0.6 is 0 Å². The third-order valence-corrected chi connectivity index (χ3v) is 3.68. The highest BCUT2D eigenvalue weighted by Crippen LogP contribution is 2.19. The molecule has 1 aromatic carbocycles. The van der Waals surface area contributed by atoms with E-state index in [1.54, 1.807) is 7.05 Å². The van der Waals surface area contributed by atoms with Crippen molar-refractivity contribution in [3.63, 3.8) is 0 Å². The van der Waals surface area contributed by atoms with Gasteiger partial charge in [-0.3, -0.25) is 4.79 Å². The minimum Gasteiger partial charge on any atom is -0.339 e. The van der Waals surface area contributed by atoms with Gasteiger partial charge in [0.2, 0.25) is 0 Å². The molecule has 1 aromatic rings. The summed E-state index contributed by atoms with van der Waals surface area (Å²) in [6.07, 6.45) is 2.48. The van der Waals surface area contributed by atoms with Crippen LogP contribution < -0.4 is 5.32 Å². The zero-order valence-corrected chi connectivity index (χ0v) is 11.3. The third kappa shape index (κ3) is 2.95. The van der Waals surface area contributed by atoms with Gasteiger partial charge in [0.1, 0.15) is 0 Å². The summed E-state index contributed by atoms with van der Waals surface area (Å²) in [5.74, 6) is -4.94. The molecule has 1 unspecified atom stereocenters. The maximum Gasteiger partial charge on any atom is 0.256 e. The SMILES string of the molecule is CN(C(=O)c1ccc(F)c(F)c1F)C1CCCNCC1. The molecule has 1 N–H and O–H groups in total. The highest BCUT2D eigenvalue weighted by Gasteiger charge is 2.26. The lowest BCUT2D eigenvalue weighted by molar-refractivity contribution is 0.0714. The molecule has 1 atom stereocenters. The number of benzene rings is 1. The van der Waals surface area contributed by atoms with Crippen LogP contribution in [0.4, 0.5) is 13.2 Å². The molecule has 20 heavy (non-hydrogen) atoms. The van der Waals surface area contributed by atoms with E-state index in [0.717, 1.165) is 44.5 Å². The third-order valence-electron chi connectivity index (χ3n) is 3.68. The summed E-state index contributed by atoms with van der Waals surface area (Å²) in [7, 11) is 1.57. The van der Waals surface area contributed by atoms with Crippen molar-refractivity contribution in [2.24, 2.45) is 0 Å². The van der Waals surface area contributed by atoms with Crippen molar-refractivity contribution in [2.75, 3.05) is 20.1 Å². The molecule has 1 amide bonds. The van der Waals surface area contributed by atoms with Gasteiger partial charge >= 0.3 is 0 Å². The predicted molar refractivity (Wildman–Crippen MR) is 68.9 cm³/mol. The number of carbonyl (C=O) groups is 1. The van der Waals surface area contributed by atoms with Gasteiger partial charge < -0.3 is 10.2 Å². The number of rotatable bonds is 2. The minimum atomic E-state index is -1.60. The molecule has 3 nitrogen and oxygen atoms in total. The monoisotopic (exact) mass is 286 g/mol. The first-order valence-corrected chi connectivity index (χ1v) is 6.63. The van der Waals surface area contributed by atoms with E-state index in [9.17, 15) is 18.0 Å². The van der Waals surface area contributed by atoms with Crippen molar-refractivity contribution in [3.05, 3.63) is 35.1 Å². The Morgan fingerprint density at radius 1 is 1.20 bits per heavy atom. The second-order valence-corrected chi connectivity index (χ2v) is 4.97. The molecule has 1 aliphatic rings. The Hall–Kier alpha value is -1.56. The van der Waals surface area contributed by atoms with E-state index in [0.29, 0.717) is 0 Å². The van der Waals surface area contributed by atoms with Crippen molar-refractivity contribution in [2.45, 2.75) is 25.3 Å². The van der Waals surface area contributed by atoms with E-state index in [-0.39, 0.29) is 6.04 Å². The quantitative estimate of drug-likeness (QED) is 0.846. The van der Waals surface area contributed by atoms with Gasteiger partial charge in [0.25, 0.3) is 5.91 Å². The predicted octanol–water partition coefficient (Wildman–Crippen LogP) is 2.32. The summed E-state index contributed by atoms with van der Waals surface area (Å²) in [4.78, 5) is 13.6. The van der Waals surface area contributed by atoms with Crippen LogP contribution in [0, 0.1) is 17.5 Å². The van der Waals surface area contributed by atoms with Crippen LogP contribution in [-0.2, 0) is 0 Å². The number of hydrogen-bond acceptors (Lipinski definition) is 2. The zero-order valence-electron chi connectivity index (χ0n) is 11.3. The fourth-order valence-corrected chi connectivity index (χ4v) is 2.43. The minimum absolute atomic E-state index is 0.0231. The van der Waals surface area contributed by atoms with Crippen LogP contribution in [0.5, 0.6) is 0 Å². The Bertz CT molecular complexity index is 499. The van der Waals surface area contributed by atoms with Gasteiger partial charge in [-0.05, 0) is 44.5 Å². The first-order valence-electron chi connectivity index (χ1n) is 6.63. The second kappa shape index (κ2) is 6.26. The topological polar surface area (TPSA) is 32.3 Å². The molecule has 110 valence electrons. The molecule has 0 radical (unpaired) electrons. The van der Waals surface area contributed by atoms with E-state index in [1.165, 1.54) is 4.90 Å². The molecular formula is C14H17F3N2O. The number of nitrogens with one attached hydrogen (secondary N) is 1. The summed E-state index contributed by atoms with van der Waals surface area (Å²) in [6, 6.07) is 1.74. The van der Waals surface area contributed by atoms with Crippen LogP contribution in [0.1, 0.15) is 29.6 Å². The van der Waals surface area contributed by atoms with Crippen LogP contribution in [0.3, 0.4) is 0 Å². The van der Waals surface area contributed by atoms with Crippen molar-refractivity contribution in [1.29, 1.82) is 0 Å². The summed E-state index contributed by atoms with van der Waals surface area (Å²) < 4.78 is 39.7. The lowest BCUT2D eigenvalue weighted by atomic mass is 10.1. The van der Waals surface area contributed by atoms with Crippen LogP contribution in [0.25, 0.3) is 0 Å². The van der Waals surface area contributed by atoms with Gasteiger partial charge in [0.15, 0.2) is 17.5 Å². The number of halogens is 3. The average molecular weight is 286 g/mol. The molecule has 0 aliphatic carbocycles. The smallest absolute Gasteiger partial charge is 0.256 e. The summed E-state index contributed by atoms with van der Waals surface area (Å²) in [5.41, 5.74) is -0.427. The molecule has 6 heteroatoms. The summed E-state index contributed by atoms with van der Waals surface area (Å²) >= 11 is 0. The fourth-order valence-electron chi connectivity index (χ4n) is 2.43. The Labute approximate surface area is 115 Å². The Morgan fingerprint density at radius 3 is 2.70 bits per heavy atom. The number of nitrogens with zero attached hydrogens (tertiary/aromatic N) is 1. The Balaban J connectivity index is 2.20. The number of amides is 1. The maximum atomic E-state index is 13.6. The number of hydrogen-bond donors (Lipinski definition) is 1. The van der Waals surface area contributed by atoms with Crippen molar-refractivity contribution >= 4 is 5.91 Å². The molecule has 1 heterocycles. The normalized spacial score (nSPS) is 19.5. The Kier molecular flexibility index (Phi) is 4.65. The number of carbonyl (C=O) groups excluding carboxylic acids is 1.